The zero-order chi connectivity index (χ0) is 16.4. The van der Waals surface area contributed by atoms with Crippen LogP contribution < -0.4 is 15.1 Å². The zero-order valence-electron chi connectivity index (χ0n) is 13.6. The molecule has 7 nitrogen and oxygen atoms in total. The topological polar surface area (TPSA) is 78.4 Å². The fourth-order valence-electron chi connectivity index (χ4n) is 2.99. The van der Waals surface area contributed by atoms with E-state index < -0.39 is 0 Å². The number of carbonyl (C=O) groups excluding carboxylic acids is 2. The molecule has 0 aliphatic carbocycles. The minimum atomic E-state index is -0.181. The van der Waals surface area contributed by atoms with Gasteiger partial charge in [-0.1, -0.05) is 18.3 Å². The number of aromatic nitrogens is 2. The van der Waals surface area contributed by atoms with Gasteiger partial charge in [-0.25, -0.2) is 0 Å². The summed E-state index contributed by atoms with van der Waals surface area (Å²) in [4.78, 5) is 28.0. The van der Waals surface area contributed by atoms with E-state index in [9.17, 15) is 9.59 Å². The molecule has 0 saturated carbocycles. The lowest BCUT2D eigenvalue weighted by molar-refractivity contribution is -0.122. The Hall–Kier alpha value is -1.70. The number of anilines is 2. The average molecular weight is 337 g/mol. The van der Waals surface area contributed by atoms with Gasteiger partial charge in [0.25, 0.3) is 0 Å². The standard InChI is InChI=1S/C15H23N5O2S/c1-3-10(2)16-13(22)11-6-4-8-19(11)14-17-18-15(23-14)20-9-5-7-12(20)21/h10-11H,3-9H2,1-2H3,(H,16,22)/t10-,11-/m0/s1. The second kappa shape index (κ2) is 6.82. The van der Waals surface area contributed by atoms with Crippen LogP contribution in [0.15, 0.2) is 0 Å². The van der Waals surface area contributed by atoms with Gasteiger partial charge in [-0.05, 0) is 32.6 Å². The SMILES string of the molecule is CC[C@H](C)NC(=O)[C@@H]1CCCN1c1nnc(N2CCCC2=O)s1. The van der Waals surface area contributed by atoms with Gasteiger partial charge < -0.3 is 10.2 Å². The number of nitrogens with zero attached hydrogens (tertiary/aromatic N) is 4. The molecule has 8 heteroatoms. The molecule has 126 valence electrons. The lowest BCUT2D eigenvalue weighted by Gasteiger charge is -2.24. The Balaban J connectivity index is 1.71. The number of carbonyl (C=O) groups is 2. The Morgan fingerprint density at radius 1 is 1.35 bits per heavy atom. The van der Waals surface area contributed by atoms with E-state index in [-0.39, 0.29) is 23.9 Å². The van der Waals surface area contributed by atoms with Crippen LogP contribution in [-0.2, 0) is 9.59 Å². The highest BCUT2D eigenvalue weighted by molar-refractivity contribution is 7.19. The van der Waals surface area contributed by atoms with E-state index in [1.54, 1.807) is 4.90 Å². The molecule has 2 aliphatic rings. The van der Waals surface area contributed by atoms with Crippen molar-refractivity contribution in [2.24, 2.45) is 0 Å². The van der Waals surface area contributed by atoms with Crippen molar-refractivity contribution in [1.82, 2.24) is 15.5 Å². The lowest BCUT2D eigenvalue weighted by Crippen LogP contribution is -2.46. The molecule has 1 aromatic rings. The second-order valence-electron chi connectivity index (χ2n) is 6.19. The summed E-state index contributed by atoms with van der Waals surface area (Å²) in [5, 5.41) is 12.8. The summed E-state index contributed by atoms with van der Waals surface area (Å²) in [6.07, 6.45) is 4.17. The van der Waals surface area contributed by atoms with Gasteiger partial charge in [-0.3, -0.25) is 14.5 Å². The van der Waals surface area contributed by atoms with Crippen molar-refractivity contribution < 1.29 is 9.59 Å². The number of nitrogens with one attached hydrogen (secondary N) is 1. The van der Waals surface area contributed by atoms with Crippen molar-refractivity contribution in [3.05, 3.63) is 0 Å². The van der Waals surface area contributed by atoms with E-state index in [0.717, 1.165) is 37.4 Å². The molecule has 0 aromatic carbocycles. The minimum Gasteiger partial charge on any atom is -0.352 e. The lowest BCUT2D eigenvalue weighted by atomic mass is 10.2. The van der Waals surface area contributed by atoms with Gasteiger partial charge in [0.1, 0.15) is 6.04 Å². The second-order valence-corrected chi connectivity index (χ2v) is 7.12. The maximum Gasteiger partial charge on any atom is 0.242 e. The highest BCUT2D eigenvalue weighted by Gasteiger charge is 2.34. The van der Waals surface area contributed by atoms with Crippen LogP contribution in [0.3, 0.4) is 0 Å². The number of rotatable bonds is 5. The van der Waals surface area contributed by atoms with Gasteiger partial charge in [0.05, 0.1) is 0 Å². The molecule has 2 aliphatic heterocycles. The highest BCUT2D eigenvalue weighted by atomic mass is 32.1. The molecule has 1 N–H and O–H groups in total. The van der Waals surface area contributed by atoms with Gasteiger partial charge in [0.2, 0.25) is 22.1 Å². The molecule has 2 fully saturated rings. The molecule has 2 atom stereocenters. The molecule has 0 spiro atoms. The first-order valence-corrected chi connectivity index (χ1v) is 9.12. The molecule has 0 radical (unpaired) electrons. The molecule has 3 rings (SSSR count). The van der Waals surface area contributed by atoms with Crippen LogP contribution in [-0.4, -0.2) is 47.2 Å². The van der Waals surface area contributed by atoms with E-state index in [1.165, 1.54) is 11.3 Å². The van der Waals surface area contributed by atoms with Gasteiger partial charge in [-0.2, -0.15) is 0 Å². The summed E-state index contributed by atoms with van der Waals surface area (Å²) < 4.78 is 0. The fourth-order valence-corrected chi connectivity index (χ4v) is 3.96. The van der Waals surface area contributed by atoms with Crippen LogP contribution in [0, 0.1) is 0 Å². The van der Waals surface area contributed by atoms with Crippen molar-refractivity contribution in [2.75, 3.05) is 22.9 Å². The quantitative estimate of drug-likeness (QED) is 0.882. The van der Waals surface area contributed by atoms with E-state index in [0.29, 0.717) is 18.1 Å². The van der Waals surface area contributed by atoms with Crippen LogP contribution >= 0.6 is 11.3 Å². The predicted molar refractivity (Wildman–Crippen MR) is 89.8 cm³/mol. The maximum atomic E-state index is 12.5. The van der Waals surface area contributed by atoms with Crippen molar-refractivity contribution in [2.45, 2.75) is 58.0 Å². The van der Waals surface area contributed by atoms with Crippen molar-refractivity contribution in [3.63, 3.8) is 0 Å². The molecular weight excluding hydrogens is 314 g/mol. The molecule has 0 unspecified atom stereocenters. The van der Waals surface area contributed by atoms with Crippen LogP contribution in [0.1, 0.15) is 46.0 Å². The Labute approximate surface area is 140 Å². The predicted octanol–water partition coefficient (Wildman–Crippen LogP) is 1.55. The van der Waals surface area contributed by atoms with Gasteiger partial charge in [0, 0.05) is 25.6 Å². The molecular formula is C15H23N5O2S. The molecule has 2 amide bonds. The van der Waals surface area contributed by atoms with Crippen LogP contribution in [0.5, 0.6) is 0 Å². The number of hydrogen-bond donors (Lipinski definition) is 1. The summed E-state index contributed by atoms with van der Waals surface area (Å²) in [7, 11) is 0. The van der Waals surface area contributed by atoms with E-state index >= 15 is 0 Å². The molecule has 23 heavy (non-hydrogen) atoms. The molecule has 2 saturated heterocycles. The summed E-state index contributed by atoms with van der Waals surface area (Å²) in [6, 6.07) is -0.00349. The number of hydrogen-bond acceptors (Lipinski definition) is 6. The Bertz CT molecular complexity index is 590. The van der Waals surface area contributed by atoms with E-state index in [1.807, 2.05) is 11.8 Å². The largest absolute Gasteiger partial charge is 0.352 e. The fraction of sp³-hybridized carbons (Fsp3) is 0.733. The summed E-state index contributed by atoms with van der Waals surface area (Å²) in [5.41, 5.74) is 0. The Kier molecular flexibility index (Phi) is 4.79. The van der Waals surface area contributed by atoms with Crippen LogP contribution in [0.2, 0.25) is 0 Å². The molecule has 3 heterocycles. The smallest absolute Gasteiger partial charge is 0.242 e. The van der Waals surface area contributed by atoms with Gasteiger partial charge in [-0.15, -0.1) is 10.2 Å². The van der Waals surface area contributed by atoms with Crippen molar-refractivity contribution >= 4 is 33.4 Å². The average Bonchev–Trinajstić information content (AvgIpc) is 3.25. The van der Waals surface area contributed by atoms with E-state index in [4.69, 9.17) is 0 Å². The highest BCUT2D eigenvalue weighted by Crippen LogP contribution is 2.33. The first kappa shape index (κ1) is 16.2. The van der Waals surface area contributed by atoms with Crippen LogP contribution in [0.25, 0.3) is 0 Å². The molecule has 1 aromatic heterocycles. The van der Waals surface area contributed by atoms with Gasteiger partial charge >= 0.3 is 0 Å². The Morgan fingerprint density at radius 3 is 2.83 bits per heavy atom. The third-order valence-electron chi connectivity index (χ3n) is 4.51. The normalized spacial score (nSPS) is 22.7. The monoisotopic (exact) mass is 337 g/mol. The molecule has 0 bridgehead atoms. The third-order valence-corrected chi connectivity index (χ3v) is 5.49. The number of amides is 2. The van der Waals surface area contributed by atoms with Gasteiger partial charge in [0.15, 0.2) is 0 Å². The summed E-state index contributed by atoms with van der Waals surface area (Å²) in [6.45, 7) is 5.59. The maximum absolute atomic E-state index is 12.5. The van der Waals surface area contributed by atoms with E-state index in [2.05, 4.69) is 22.4 Å². The van der Waals surface area contributed by atoms with Crippen molar-refractivity contribution in [3.8, 4) is 0 Å². The zero-order valence-corrected chi connectivity index (χ0v) is 14.4. The van der Waals surface area contributed by atoms with Crippen molar-refractivity contribution in [1.29, 1.82) is 0 Å². The summed E-state index contributed by atoms with van der Waals surface area (Å²) in [5.74, 6) is 0.172. The Morgan fingerprint density at radius 2 is 2.13 bits per heavy atom. The minimum absolute atomic E-state index is 0.0610. The van der Waals surface area contributed by atoms with Crippen LogP contribution in [0.4, 0.5) is 10.3 Å². The first-order valence-electron chi connectivity index (χ1n) is 8.31. The third kappa shape index (κ3) is 3.31. The first-order chi connectivity index (χ1) is 11.1. The summed E-state index contributed by atoms with van der Waals surface area (Å²) >= 11 is 1.41.